The van der Waals surface area contributed by atoms with Crippen molar-refractivity contribution in [1.82, 2.24) is 4.90 Å². The Kier molecular flexibility index (Phi) is 5.44. The third kappa shape index (κ3) is 3.65. The molecule has 3 aromatic rings. The van der Waals surface area contributed by atoms with Gasteiger partial charge in [0.05, 0.1) is 11.8 Å². The number of likely N-dealkylation sites (tertiary alicyclic amines) is 1. The summed E-state index contributed by atoms with van der Waals surface area (Å²) >= 11 is 0. The summed E-state index contributed by atoms with van der Waals surface area (Å²) in [4.78, 5) is 53.0. The molecule has 0 aromatic heterocycles. The maximum Gasteiger partial charge on any atom is 0.326 e. The lowest BCUT2D eigenvalue weighted by Gasteiger charge is -2.45. The maximum atomic E-state index is 13.6. The van der Waals surface area contributed by atoms with Gasteiger partial charge in [0.25, 0.3) is 5.91 Å². The van der Waals surface area contributed by atoms with Crippen molar-refractivity contribution in [1.29, 1.82) is 0 Å². The Labute approximate surface area is 214 Å². The lowest BCUT2D eigenvalue weighted by Crippen LogP contribution is -2.41. The Morgan fingerprint density at radius 1 is 0.784 bits per heavy atom. The molecule has 3 aliphatic carbocycles. The van der Waals surface area contributed by atoms with Gasteiger partial charge >= 0.3 is 5.97 Å². The van der Waals surface area contributed by atoms with Gasteiger partial charge in [-0.15, -0.1) is 0 Å². The molecule has 7 heteroatoms. The molecule has 37 heavy (non-hydrogen) atoms. The predicted octanol–water partition coefficient (Wildman–Crippen LogP) is 3.68. The first-order valence-electron chi connectivity index (χ1n) is 12.4. The number of amides is 3. The van der Waals surface area contributed by atoms with Crippen molar-refractivity contribution in [2.24, 2.45) is 11.8 Å². The topological polar surface area (TPSA) is 92.8 Å². The third-order valence-corrected chi connectivity index (χ3v) is 7.98. The highest BCUT2D eigenvalue weighted by molar-refractivity contribution is 6.09. The number of carbonyl (C=O) groups is 4. The van der Waals surface area contributed by atoms with Crippen LogP contribution in [0, 0.1) is 25.7 Å². The fraction of sp³-hybridized carbons (Fsp3) is 0.267. The zero-order valence-corrected chi connectivity index (χ0v) is 20.6. The summed E-state index contributed by atoms with van der Waals surface area (Å²) in [6.45, 7) is 2.91. The maximum absolute atomic E-state index is 13.6. The van der Waals surface area contributed by atoms with Crippen molar-refractivity contribution in [3.63, 3.8) is 0 Å². The van der Waals surface area contributed by atoms with Crippen LogP contribution in [0.3, 0.4) is 0 Å². The van der Waals surface area contributed by atoms with Gasteiger partial charge in [-0.1, -0.05) is 54.6 Å². The van der Waals surface area contributed by atoms with Gasteiger partial charge in [0.1, 0.15) is 6.54 Å². The number of ether oxygens (including phenoxy) is 1. The first-order chi connectivity index (χ1) is 17.8. The summed E-state index contributed by atoms with van der Waals surface area (Å²) in [7, 11) is 0. The molecule has 7 rings (SSSR count). The van der Waals surface area contributed by atoms with Crippen molar-refractivity contribution >= 4 is 29.4 Å². The summed E-state index contributed by atoms with van der Waals surface area (Å²) in [5.41, 5.74) is 7.02. The van der Waals surface area contributed by atoms with E-state index in [1.165, 1.54) is 0 Å². The fourth-order valence-corrected chi connectivity index (χ4v) is 6.23. The monoisotopic (exact) mass is 494 g/mol. The van der Waals surface area contributed by atoms with Crippen molar-refractivity contribution < 1.29 is 23.9 Å². The van der Waals surface area contributed by atoms with Crippen molar-refractivity contribution in [3.8, 4) is 0 Å². The minimum Gasteiger partial charge on any atom is -0.454 e. The van der Waals surface area contributed by atoms with E-state index >= 15 is 0 Å². The van der Waals surface area contributed by atoms with Crippen LogP contribution in [0.25, 0.3) is 0 Å². The molecule has 1 saturated heterocycles. The molecule has 4 aliphatic rings. The molecular formula is C30H26N2O5. The molecule has 0 unspecified atom stereocenters. The van der Waals surface area contributed by atoms with E-state index in [-0.39, 0.29) is 23.7 Å². The Bertz CT molecular complexity index is 1360. The van der Waals surface area contributed by atoms with Crippen LogP contribution in [0.4, 0.5) is 5.69 Å². The second-order valence-electron chi connectivity index (χ2n) is 10.0. The smallest absolute Gasteiger partial charge is 0.326 e. The molecule has 1 N–H and O–H groups in total. The molecule has 7 nitrogen and oxygen atoms in total. The van der Waals surface area contributed by atoms with Crippen molar-refractivity contribution in [2.75, 3.05) is 18.5 Å². The van der Waals surface area contributed by atoms with Gasteiger partial charge < -0.3 is 10.1 Å². The fourth-order valence-electron chi connectivity index (χ4n) is 6.23. The summed E-state index contributed by atoms with van der Waals surface area (Å²) in [6, 6.07) is 21.4. The zero-order chi connectivity index (χ0) is 25.8. The zero-order valence-electron chi connectivity index (χ0n) is 20.6. The molecule has 0 radical (unpaired) electrons. The van der Waals surface area contributed by atoms with Gasteiger partial charge in [-0.05, 0) is 59.4 Å². The summed E-state index contributed by atoms with van der Waals surface area (Å²) in [5, 5.41) is 2.69. The van der Waals surface area contributed by atoms with Crippen LogP contribution in [-0.2, 0) is 23.9 Å². The predicted molar refractivity (Wildman–Crippen MR) is 136 cm³/mol. The minimum absolute atomic E-state index is 0.233. The number of benzene rings is 3. The van der Waals surface area contributed by atoms with Gasteiger partial charge in [-0.2, -0.15) is 0 Å². The highest BCUT2D eigenvalue weighted by Gasteiger charge is 2.61. The number of rotatable bonds is 5. The summed E-state index contributed by atoms with van der Waals surface area (Å²) < 4.78 is 5.14. The first kappa shape index (κ1) is 23.2. The van der Waals surface area contributed by atoms with E-state index in [9.17, 15) is 19.2 Å². The third-order valence-electron chi connectivity index (χ3n) is 7.98. The number of nitrogens with zero attached hydrogens (tertiary/aromatic N) is 1. The van der Waals surface area contributed by atoms with E-state index in [4.69, 9.17) is 4.74 Å². The molecule has 0 saturated carbocycles. The number of imide groups is 1. The van der Waals surface area contributed by atoms with Crippen molar-refractivity contribution in [2.45, 2.75) is 25.7 Å². The number of esters is 1. The Hall–Kier alpha value is -4.26. The quantitative estimate of drug-likeness (QED) is 0.432. The number of carbonyl (C=O) groups excluding carboxylic acids is 4. The molecule has 0 spiro atoms. The van der Waals surface area contributed by atoms with Gasteiger partial charge in [-0.3, -0.25) is 24.1 Å². The number of aryl methyl sites for hydroxylation is 2. The van der Waals surface area contributed by atoms with Gasteiger partial charge in [0, 0.05) is 17.5 Å². The van der Waals surface area contributed by atoms with E-state index in [0.717, 1.165) is 38.3 Å². The van der Waals surface area contributed by atoms with Crippen LogP contribution in [0.2, 0.25) is 0 Å². The lowest BCUT2D eigenvalue weighted by molar-refractivity contribution is -0.154. The first-order valence-corrected chi connectivity index (χ1v) is 12.4. The van der Waals surface area contributed by atoms with Crippen LogP contribution < -0.4 is 5.32 Å². The van der Waals surface area contributed by atoms with Crippen LogP contribution in [0.5, 0.6) is 0 Å². The average Bonchev–Trinajstić information content (AvgIpc) is 3.15. The highest BCUT2D eigenvalue weighted by atomic mass is 16.5. The van der Waals surface area contributed by atoms with Crippen LogP contribution in [-0.4, -0.2) is 41.7 Å². The van der Waals surface area contributed by atoms with E-state index in [1.54, 1.807) is 6.07 Å². The largest absolute Gasteiger partial charge is 0.454 e. The second kappa shape index (κ2) is 8.69. The molecule has 2 bridgehead atoms. The standard InChI is InChI=1S/C30H26N2O5/c1-16-11-12-18(13-17(16)2)31-23(33)15-37-24(34)14-32-29(35)27-25-19-7-3-4-8-20(19)26(28(27)30(32)36)22-10-6-5-9-21(22)25/h3-13,25-28H,14-15H2,1-2H3,(H,31,33)/t25?,26?,27-,28-/m1/s1. The molecule has 1 aliphatic heterocycles. The van der Waals surface area contributed by atoms with Gasteiger partial charge in [-0.25, -0.2) is 0 Å². The van der Waals surface area contributed by atoms with Gasteiger partial charge in [0.15, 0.2) is 6.61 Å². The molecule has 186 valence electrons. The van der Waals surface area contributed by atoms with Gasteiger partial charge in [0.2, 0.25) is 11.8 Å². The molecule has 3 amide bonds. The average molecular weight is 495 g/mol. The highest BCUT2D eigenvalue weighted by Crippen LogP contribution is 2.60. The second-order valence-corrected chi connectivity index (χ2v) is 10.0. The molecular weight excluding hydrogens is 468 g/mol. The normalized spacial score (nSPS) is 22.8. The SMILES string of the molecule is Cc1ccc(NC(=O)COC(=O)CN2C(=O)[C@@H]3C4c5ccccc5C(c5ccccc54)[C@H]3C2=O)cc1C. The van der Waals surface area contributed by atoms with Crippen LogP contribution >= 0.6 is 0 Å². The van der Waals surface area contributed by atoms with E-state index in [2.05, 4.69) is 5.32 Å². The lowest BCUT2D eigenvalue weighted by atomic mass is 9.55. The molecule has 1 fully saturated rings. The number of hydrogen-bond donors (Lipinski definition) is 1. The van der Waals surface area contributed by atoms with Crippen LogP contribution in [0.1, 0.15) is 45.2 Å². The number of hydrogen-bond acceptors (Lipinski definition) is 5. The van der Waals surface area contributed by atoms with E-state index < -0.39 is 36.9 Å². The molecule has 3 aromatic carbocycles. The van der Waals surface area contributed by atoms with E-state index in [1.807, 2.05) is 74.5 Å². The van der Waals surface area contributed by atoms with E-state index in [0.29, 0.717) is 5.69 Å². The number of anilines is 1. The summed E-state index contributed by atoms with van der Waals surface area (Å²) in [5.74, 6) is -3.57. The Morgan fingerprint density at radius 2 is 1.30 bits per heavy atom. The summed E-state index contributed by atoms with van der Waals surface area (Å²) in [6.07, 6.45) is 0. The molecule has 1 heterocycles. The Morgan fingerprint density at radius 3 is 1.78 bits per heavy atom. The minimum atomic E-state index is -0.794. The number of nitrogens with one attached hydrogen (secondary N) is 1. The Balaban J connectivity index is 1.17. The van der Waals surface area contributed by atoms with Crippen LogP contribution in [0.15, 0.2) is 66.7 Å². The van der Waals surface area contributed by atoms with Crippen molar-refractivity contribution in [3.05, 3.63) is 100 Å². The molecule has 2 atom stereocenters.